The lowest BCUT2D eigenvalue weighted by Gasteiger charge is -2.39. The Balaban J connectivity index is 2.47. The molecule has 1 N–H and O–H groups in total. The summed E-state index contributed by atoms with van der Waals surface area (Å²) in [5.74, 6) is 1.16. The maximum Gasteiger partial charge on any atom is 0.407 e. The number of carbonyl (C=O) groups is 1. The fourth-order valence-electron chi connectivity index (χ4n) is 3.06. The Bertz CT molecular complexity index is 409. The van der Waals surface area contributed by atoms with Crippen LogP contribution < -0.4 is 5.32 Å². The van der Waals surface area contributed by atoms with Crippen LogP contribution >= 0.6 is 0 Å². The first-order chi connectivity index (χ1) is 11.1. The zero-order valence-corrected chi connectivity index (χ0v) is 17.5. The van der Waals surface area contributed by atoms with Crippen molar-refractivity contribution in [2.75, 3.05) is 13.7 Å². The Labute approximate surface area is 149 Å². The zero-order valence-electron chi connectivity index (χ0n) is 16.5. The van der Waals surface area contributed by atoms with E-state index in [4.69, 9.17) is 9.16 Å². The topological polar surface area (TPSA) is 47.6 Å². The van der Waals surface area contributed by atoms with Crippen molar-refractivity contribution in [1.82, 2.24) is 5.32 Å². The molecule has 0 radical (unpaired) electrons. The fraction of sp³-hybridized carbons (Fsp3) is 0.842. The Hall–Kier alpha value is -0.813. The minimum atomic E-state index is -1.65. The van der Waals surface area contributed by atoms with Gasteiger partial charge in [-0.2, -0.15) is 0 Å². The summed E-state index contributed by atoms with van der Waals surface area (Å²) in [6.07, 6.45) is 6.96. The molecule has 0 saturated heterocycles. The first-order valence-corrected chi connectivity index (χ1v) is 12.1. The number of methoxy groups -OCH3 is 1. The molecule has 1 atom stereocenters. The Morgan fingerprint density at radius 1 is 1.29 bits per heavy atom. The second-order valence-corrected chi connectivity index (χ2v) is 13.4. The number of nitrogens with one attached hydrogen (secondary N) is 1. The van der Waals surface area contributed by atoms with Gasteiger partial charge in [0.15, 0.2) is 8.32 Å². The normalized spacial score (nSPS) is 23.4. The number of amides is 1. The highest BCUT2D eigenvalue weighted by molar-refractivity contribution is 6.74. The lowest BCUT2D eigenvalue weighted by molar-refractivity contribution is 0.139. The van der Waals surface area contributed by atoms with Gasteiger partial charge in [-0.05, 0) is 62.1 Å². The summed E-state index contributed by atoms with van der Waals surface area (Å²) in [5, 5.41) is 3.24. The van der Waals surface area contributed by atoms with Gasteiger partial charge in [-0.25, -0.2) is 4.79 Å². The second-order valence-electron chi connectivity index (χ2n) is 8.62. The minimum Gasteiger partial charge on any atom is -0.453 e. The predicted molar refractivity (Wildman–Crippen MR) is 103 cm³/mol. The zero-order chi connectivity index (χ0) is 18.4. The van der Waals surface area contributed by atoms with E-state index in [1.54, 1.807) is 0 Å². The monoisotopic (exact) mass is 355 g/mol. The van der Waals surface area contributed by atoms with E-state index in [9.17, 15) is 4.79 Å². The van der Waals surface area contributed by atoms with Crippen molar-refractivity contribution >= 4 is 14.4 Å². The van der Waals surface area contributed by atoms with Crippen molar-refractivity contribution in [3.63, 3.8) is 0 Å². The fourth-order valence-corrected chi connectivity index (χ4v) is 4.14. The molecule has 1 saturated carbocycles. The first kappa shape index (κ1) is 21.2. The van der Waals surface area contributed by atoms with Crippen LogP contribution in [0.25, 0.3) is 0 Å². The highest BCUT2D eigenvalue weighted by Gasteiger charge is 2.38. The molecule has 0 bridgehead atoms. The Morgan fingerprint density at radius 2 is 1.88 bits per heavy atom. The third-order valence-corrected chi connectivity index (χ3v) is 10.4. The van der Waals surface area contributed by atoms with Crippen LogP contribution in [0.5, 0.6) is 0 Å². The van der Waals surface area contributed by atoms with Crippen LogP contribution in [0.1, 0.15) is 52.9 Å². The van der Waals surface area contributed by atoms with Crippen LogP contribution in [0.4, 0.5) is 4.79 Å². The van der Waals surface area contributed by atoms with E-state index in [2.05, 4.69) is 45.8 Å². The highest BCUT2D eigenvalue weighted by atomic mass is 28.4. The molecule has 0 spiro atoms. The van der Waals surface area contributed by atoms with Gasteiger partial charge >= 0.3 is 6.09 Å². The largest absolute Gasteiger partial charge is 0.453 e. The van der Waals surface area contributed by atoms with Gasteiger partial charge in [-0.1, -0.05) is 26.8 Å². The van der Waals surface area contributed by atoms with Gasteiger partial charge < -0.3 is 14.5 Å². The number of carbonyl (C=O) groups excluding carboxylic acids is 1. The summed E-state index contributed by atoms with van der Waals surface area (Å²) in [6, 6.07) is 0.136. The molecule has 140 valence electrons. The van der Waals surface area contributed by atoms with Crippen LogP contribution in [0.3, 0.4) is 0 Å². The minimum absolute atomic E-state index is 0.136. The maximum atomic E-state index is 11.5. The molecule has 1 rings (SSSR count). The summed E-state index contributed by atoms with van der Waals surface area (Å²) in [7, 11) is -0.242. The van der Waals surface area contributed by atoms with E-state index < -0.39 is 8.32 Å². The molecular weight excluding hydrogens is 318 g/mol. The molecule has 24 heavy (non-hydrogen) atoms. The molecular formula is C19H37NO3Si. The molecule has 1 amide bonds. The summed E-state index contributed by atoms with van der Waals surface area (Å²) in [4.78, 5) is 11.5. The van der Waals surface area contributed by atoms with Crippen LogP contribution in [0, 0.1) is 11.8 Å². The third kappa shape index (κ3) is 6.24. The molecule has 4 nitrogen and oxygen atoms in total. The van der Waals surface area contributed by atoms with E-state index in [0.717, 1.165) is 25.9 Å². The predicted octanol–water partition coefficient (Wildman–Crippen LogP) is 5.12. The SMILES string of the molecule is C=CCC(NC(=O)OC)C1CCC(CO[Si](C)(C)C(C)(C)C)CC1. The lowest BCUT2D eigenvalue weighted by atomic mass is 9.78. The van der Waals surface area contributed by atoms with Gasteiger partial charge in [-0.3, -0.25) is 0 Å². The average Bonchev–Trinajstić information content (AvgIpc) is 2.52. The van der Waals surface area contributed by atoms with Gasteiger partial charge in [0, 0.05) is 12.6 Å². The average molecular weight is 356 g/mol. The van der Waals surface area contributed by atoms with Gasteiger partial charge in [-0.15, -0.1) is 6.58 Å². The van der Waals surface area contributed by atoms with E-state index in [-0.39, 0.29) is 17.2 Å². The highest BCUT2D eigenvalue weighted by Crippen LogP contribution is 2.38. The molecule has 5 heteroatoms. The van der Waals surface area contributed by atoms with Crippen molar-refractivity contribution in [3.8, 4) is 0 Å². The van der Waals surface area contributed by atoms with Crippen LogP contribution in [0.2, 0.25) is 18.1 Å². The maximum absolute atomic E-state index is 11.5. The number of hydrogen-bond donors (Lipinski definition) is 1. The summed E-state index contributed by atoms with van der Waals surface area (Å²) in [6.45, 7) is 16.2. The molecule has 1 aliphatic rings. The van der Waals surface area contributed by atoms with Crippen LogP contribution in [0.15, 0.2) is 12.7 Å². The van der Waals surface area contributed by atoms with Crippen molar-refractivity contribution < 1.29 is 14.0 Å². The summed E-state index contributed by atoms with van der Waals surface area (Å²) >= 11 is 0. The lowest BCUT2D eigenvalue weighted by Crippen LogP contribution is -2.43. The van der Waals surface area contributed by atoms with E-state index in [0.29, 0.717) is 11.8 Å². The van der Waals surface area contributed by atoms with Gasteiger partial charge in [0.1, 0.15) is 0 Å². The van der Waals surface area contributed by atoms with Crippen molar-refractivity contribution in [2.24, 2.45) is 11.8 Å². The smallest absolute Gasteiger partial charge is 0.407 e. The molecule has 0 aromatic heterocycles. The third-order valence-electron chi connectivity index (χ3n) is 5.86. The summed E-state index contributed by atoms with van der Waals surface area (Å²) < 4.78 is 11.1. The first-order valence-electron chi connectivity index (χ1n) is 9.20. The molecule has 0 heterocycles. The Kier molecular flexibility index (Phi) is 8.00. The van der Waals surface area contributed by atoms with Crippen LogP contribution in [-0.4, -0.2) is 34.2 Å². The van der Waals surface area contributed by atoms with Crippen molar-refractivity contribution in [3.05, 3.63) is 12.7 Å². The number of ether oxygens (including phenoxy) is 1. The molecule has 0 aromatic carbocycles. The molecule has 1 fully saturated rings. The Morgan fingerprint density at radius 3 is 2.33 bits per heavy atom. The van der Waals surface area contributed by atoms with Crippen LogP contribution in [-0.2, 0) is 9.16 Å². The van der Waals surface area contributed by atoms with Crippen molar-refractivity contribution in [2.45, 2.75) is 77.0 Å². The summed E-state index contributed by atoms with van der Waals surface area (Å²) in [5.41, 5.74) is 0. The number of alkyl carbamates (subject to hydrolysis) is 1. The van der Waals surface area contributed by atoms with Gasteiger partial charge in [0.25, 0.3) is 0 Å². The second kappa shape index (κ2) is 9.04. The van der Waals surface area contributed by atoms with E-state index in [1.165, 1.54) is 20.0 Å². The molecule has 0 aromatic rings. The van der Waals surface area contributed by atoms with Gasteiger partial charge in [0.2, 0.25) is 0 Å². The van der Waals surface area contributed by atoms with E-state index >= 15 is 0 Å². The number of rotatable bonds is 7. The number of hydrogen-bond acceptors (Lipinski definition) is 3. The molecule has 0 aliphatic heterocycles. The van der Waals surface area contributed by atoms with E-state index in [1.807, 2.05) is 6.08 Å². The van der Waals surface area contributed by atoms with Crippen molar-refractivity contribution in [1.29, 1.82) is 0 Å². The van der Waals surface area contributed by atoms with Gasteiger partial charge in [0.05, 0.1) is 7.11 Å². The standard InChI is InChI=1S/C19H37NO3Si/c1-8-9-17(20-18(21)22-5)16-12-10-15(11-13-16)14-23-24(6,7)19(2,3)4/h8,15-17H,1,9-14H2,2-7H3,(H,20,21). The molecule has 1 unspecified atom stereocenters. The quantitative estimate of drug-likeness (QED) is 0.509. The molecule has 1 aliphatic carbocycles.